The number of epoxide rings is 1. The molecule has 0 radical (unpaired) electrons. The summed E-state index contributed by atoms with van der Waals surface area (Å²) < 4.78 is 95.9. The number of hydrogen-bond donors (Lipinski definition) is 1. The van der Waals surface area contributed by atoms with Crippen molar-refractivity contribution in [3.63, 3.8) is 0 Å². The van der Waals surface area contributed by atoms with Crippen LogP contribution in [0.4, 0.5) is 13.2 Å². The minimum atomic E-state index is -6.03. The van der Waals surface area contributed by atoms with Gasteiger partial charge in [0.1, 0.15) is 6.10 Å². The van der Waals surface area contributed by atoms with E-state index in [1.165, 1.54) is 0 Å². The van der Waals surface area contributed by atoms with E-state index in [2.05, 4.69) is 4.18 Å². The van der Waals surface area contributed by atoms with Gasteiger partial charge in [0.25, 0.3) is 0 Å². The van der Waals surface area contributed by atoms with E-state index in [9.17, 15) is 30.0 Å². The molecule has 1 saturated heterocycles. The van der Waals surface area contributed by atoms with Crippen molar-refractivity contribution in [2.45, 2.75) is 43.1 Å². The molecular formula is C9H14F3NO7S2. The van der Waals surface area contributed by atoms with Gasteiger partial charge in [-0.15, -0.1) is 0 Å². The van der Waals surface area contributed by atoms with Crippen molar-refractivity contribution in [1.82, 2.24) is 4.13 Å². The SMILES string of the molecule is O=S(=O)(NS(=O)(=O)C(F)(F)F)OC1CCC(OCC2CO2)C1. The zero-order valence-corrected chi connectivity index (χ0v) is 12.7. The molecule has 1 aliphatic heterocycles. The van der Waals surface area contributed by atoms with E-state index in [0.717, 1.165) is 0 Å². The van der Waals surface area contributed by atoms with Crippen molar-refractivity contribution < 1.29 is 43.7 Å². The third-order valence-electron chi connectivity index (χ3n) is 3.04. The fourth-order valence-corrected chi connectivity index (χ4v) is 4.07. The second-order valence-electron chi connectivity index (χ2n) is 4.93. The van der Waals surface area contributed by atoms with Crippen LogP contribution in [0.5, 0.6) is 0 Å². The van der Waals surface area contributed by atoms with Crippen molar-refractivity contribution in [1.29, 1.82) is 0 Å². The van der Waals surface area contributed by atoms with Gasteiger partial charge in [-0.1, -0.05) is 4.13 Å². The molecule has 0 aromatic rings. The molecule has 3 atom stereocenters. The molecule has 1 saturated carbocycles. The highest BCUT2D eigenvalue weighted by Crippen LogP contribution is 2.28. The molecule has 2 fully saturated rings. The van der Waals surface area contributed by atoms with E-state index >= 15 is 0 Å². The lowest BCUT2D eigenvalue weighted by Gasteiger charge is -2.14. The summed E-state index contributed by atoms with van der Waals surface area (Å²) in [6.07, 6.45) is -0.390. The van der Waals surface area contributed by atoms with Gasteiger partial charge in [0.05, 0.1) is 25.4 Å². The fourth-order valence-electron chi connectivity index (χ4n) is 1.93. The van der Waals surface area contributed by atoms with Crippen LogP contribution in [-0.2, 0) is 34.0 Å². The van der Waals surface area contributed by atoms with Crippen LogP contribution < -0.4 is 4.13 Å². The molecule has 22 heavy (non-hydrogen) atoms. The number of rotatable bonds is 7. The summed E-state index contributed by atoms with van der Waals surface area (Å²) >= 11 is 0. The second kappa shape index (κ2) is 6.20. The van der Waals surface area contributed by atoms with Crippen LogP contribution in [-0.4, -0.2) is 53.9 Å². The minimum absolute atomic E-state index is 0.0299. The maximum absolute atomic E-state index is 12.1. The maximum Gasteiger partial charge on any atom is 0.512 e. The molecule has 0 bridgehead atoms. The zero-order valence-electron chi connectivity index (χ0n) is 11.1. The lowest BCUT2D eigenvalue weighted by atomic mass is 10.3. The van der Waals surface area contributed by atoms with Crippen LogP contribution in [0.15, 0.2) is 0 Å². The van der Waals surface area contributed by atoms with Crippen molar-refractivity contribution in [3.8, 4) is 0 Å². The molecular weight excluding hydrogens is 355 g/mol. The molecule has 0 aromatic heterocycles. The average molecular weight is 369 g/mol. The molecule has 0 spiro atoms. The Balaban J connectivity index is 1.84. The van der Waals surface area contributed by atoms with Crippen LogP contribution in [0.2, 0.25) is 0 Å². The lowest BCUT2D eigenvalue weighted by molar-refractivity contribution is -0.0442. The number of hydrogen-bond acceptors (Lipinski definition) is 7. The van der Waals surface area contributed by atoms with Gasteiger partial charge in [-0.05, 0) is 12.8 Å². The number of alkyl halides is 3. The standard InChI is InChI=1S/C9H14F3NO7S2/c10-9(11,12)21(14,15)13-22(16,17)20-7-2-1-6(3-7)18-4-8-5-19-8/h6-8,13H,1-5H2. The van der Waals surface area contributed by atoms with Crippen LogP contribution in [0.1, 0.15) is 19.3 Å². The Labute approximate surface area is 125 Å². The largest absolute Gasteiger partial charge is 0.512 e. The lowest BCUT2D eigenvalue weighted by Crippen LogP contribution is -2.41. The fraction of sp³-hybridized carbons (Fsp3) is 1.00. The molecule has 130 valence electrons. The number of nitrogens with one attached hydrogen (secondary N) is 1. The first-order valence-electron chi connectivity index (χ1n) is 6.25. The molecule has 1 heterocycles. The molecule has 8 nitrogen and oxygen atoms in total. The summed E-state index contributed by atoms with van der Waals surface area (Å²) in [7, 11) is -11.1. The van der Waals surface area contributed by atoms with Gasteiger partial charge in [-0.25, -0.2) is 8.42 Å². The monoisotopic (exact) mass is 369 g/mol. The molecule has 1 aliphatic carbocycles. The van der Waals surface area contributed by atoms with Crippen molar-refractivity contribution in [3.05, 3.63) is 0 Å². The number of sulfonamides is 1. The molecule has 2 aliphatic rings. The van der Waals surface area contributed by atoms with Gasteiger partial charge in [0.15, 0.2) is 0 Å². The van der Waals surface area contributed by atoms with Crippen LogP contribution in [0, 0.1) is 0 Å². The van der Waals surface area contributed by atoms with Crippen molar-refractivity contribution in [2.75, 3.05) is 13.2 Å². The summed E-state index contributed by atoms with van der Waals surface area (Å²) in [6.45, 7) is 0.949. The Morgan fingerprint density at radius 1 is 1.14 bits per heavy atom. The van der Waals surface area contributed by atoms with E-state index in [1.54, 1.807) is 0 Å². The summed E-state index contributed by atoms with van der Waals surface area (Å²) in [5.41, 5.74) is -5.74. The Morgan fingerprint density at radius 2 is 1.73 bits per heavy atom. The third kappa shape index (κ3) is 5.03. The quantitative estimate of drug-likeness (QED) is 0.630. The Morgan fingerprint density at radius 3 is 2.27 bits per heavy atom. The molecule has 1 N–H and O–H groups in total. The van der Waals surface area contributed by atoms with Crippen molar-refractivity contribution >= 4 is 20.3 Å². The summed E-state index contributed by atoms with van der Waals surface area (Å²) in [5.74, 6) is 0. The number of halogens is 3. The molecule has 3 unspecified atom stereocenters. The minimum Gasteiger partial charge on any atom is -0.375 e. The van der Waals surface area contributed by atoms with Crippen molar-refractivity contribution in [2.24, 2.45) is 0 Å². The summed E-state index contributed by atoms with van der Waals surface area (Å²) in [6, 6.07) is 0. The van der Waals surface area contributed by atoms with Crippen LogP contribution in [0.25, 0.3) is 0 Å². The number of ether oxygens (including phenoxy) is 2. The predicted octanol–water partition coefficient (Wildman–Crippen LogP) is 0.0235. The van der Waals surface area contributed by atoms with Gasteiger partial charge in [0.2, 0.25) is 0 Å². The van der Waals surface area contributed by atoms with Gasteiger partial charge >= 0.3 is 25.8 Å². The van der Waals surface area contributed by atoms with Crippen LogP contribution >= 0.6 is 0 Å². The van der Waals surface area contributed by atoms with Gasteiger partial charge in [-0.2, -0.15) is 21.6 Å². The first kappa shape index (κ1) is 17.9. The zero-order chi connectivity index (χ0) is 16.6. The van der Waals surface area contributed by atoms with E-state index in [4.69, 9.17) is 9.47 Å². The highest BCUT2D eigenvalue weighted by atomic mass is 32.3. The molecule has 0 aromatic carbocycles. The Hall–Kier alpha value is -0.470. The molecule has 2 rings (SSSR count). The highest BCUT2D eigenvalue weighted by molar-refractivity contribution is 8.03. The smallest absolute Gasteiger partial charge is 0.375 e. The summed E-state index contributed by atoms with van der Waals surface area (Å²) in [5, 5.41) is 0. The second-order valence-corrected chi connectivity index (χ2v) is 8.17. The Bertz CT molecular complexity index is 599. The molecule has 0 amide bonds. The average Bonchev–Trinajstić information content (AvgIpc) is 3.05. The van der Waals surface area contributed by atoms with Crippen LogP contribution in [0.3, 0.4) is 0 Å². The van der Waals surface area contributed by atoms with Gasteiger partial charge in [-0.3, -0.25) is 4.18 Å². The highest BCUT2D eigenvalue weighted by Gasteiger charge is 2.49. The van der Waals surface area contributed by atoms with E-state index in [1.807, 2.05) is 0 Å². The first-order valence-corrected chi connectivity index (χ1v) is 9.14. The third-order valence-corrected chi connectivity index (χ3v) is 5.86. The van der Waals surface area contributed by atoms with E-state index in [0.29, 0.717) is 23.8 Å². The Kier molecular flexibility index (Phi) is 5.04. The predicted molar refractivity (Wildman–Crippen MR) is 65.2 cm³/mol. The normalized spacial score (nSPS) is 29.7. The first-order chi connectivity index (χ1) is 9.98. The summed E-state index contributed by atoms with van der Waals surface area (Å²) in [4.78, 5) is 0. The van der Waals surface area contributed by atoms with E-state index < -0.39 is 31.9 Å². The molecule has 13 heteroatoms. The topological polar surface area (TPSA) is 111 Å². The van der Waals surface area contributed by atoms with E-state index in [-0.39, 0.29) is 25.0 Å². The van der Waals surface area contributed by atoms with Gasteiger partial charge < -0.3 is 9.47 Å². The van der Waals surface area contributed by atoms with Gasteiger partial charge in [0, 0.05) is 6.42 Å². The maximum atomic E-state index is 12.1.